The number of hydrogen-bond acceptors (Lipinski definition) is 4. The molecule has 0 bridgehead atoms. The van der Waals surface area contributed by atoms with Crippen molar-refractivity contribution >= 4 is 23.4 Å². The van der Waals surface area contributed by atoms with Gasteiger partial charge in [0.2, 0.25) is 5.91 Å². The highest BCUT2D eigenvalue weighted by Gasteiger charge is 2.26. The summed E-state index contributed by atoms with van der Waals surface area (Å²) in [6, 6.07) is 13.7. The van der Waals surface area contributed by atoms with Crippen LogP contribution >= 0.6 is 11.6 Å². The van der Waals surface area contributed by atoms with Gasteiger partial charge in [-0.1, -0.05) is 55.6 Å². The van der Waals surface area contributed by atoms with Crippen LogP contribution in [0.25, 0.3) is 0 Å². The van der Waals surface area contributed by atoms with E-state index in [9.17, 15) is 9.59 Å². The smallest absolute Gasteiger partial charge is 0.261 e. The molecule has 0 saturated carbocycles. The number of carbonyl (C=O) groups excluding carboxylic acids is 2. The Hall–Kier alpha value is -2.73. The monoisotopic (exact) mass is 446 g/mol. The van der Waals surface area contributed by atoms with Gasteiger partial charge < -0.3 is 19.7 Å². The molecule has 7 heteroatoms. The number of unbranched alkanes of at least 4 members (excludes halogenated alkanes) is 2. The molecular weight excluding hydrogens is 416 g/mol. The van der Waals surface area contributed by atoms with Gasteiger partial charge in [-0.05, 0) is 43.2 Å². The average molecular weight is 447 g/mol. The van der Waals surface area contributed by atoms with Gasteiger partial charge in [-0.3, -0.25) is 9.59 Å². The molecule has 0 aliphatic carbocycles. The molecule has 0 unspecified atom stereocenters. The fourth-order valence-electron chi connectivity index (χ4n) is 3.03. The van der Waals surface area contributed by atoms with Crippen LogP contribution in [-0.4, -0.2) is 43.0 Å². The first-order chi connectivity index (χ1) is 15.0. The van der Waals surface area contributed by atoms with Crippen molar-refractivity contribution in [2.24, 2.45) is 0 Å². The lowest BCUT2D eigenvalue weighted by Gasteiger charge is -2.29. The molecular formula is C24H31ClN2O4. The van der Waals surface area contributed by atoms with Crippen LogP contribution in [0.1, 0.15) is 38.7 Å². The zero-order chi connectivity index (χ0) is 22.6. The molecule has 1 N–H and O–H groups in total. The van der Waals surface area contributed by atoms with Crippen molar-refractivity contribution in [1.29, 1.82) is 0 Å². The van der Waals surface area contributed by atoms with Crippen LogP contribution in [0.2, 0.25) is 5.02 Å². The van der Waals surface area contributed by atoms with Gasteiger partial charge in [-0.25, -0.2) is 0 Å². The van der Waals surface area contributed by atoms with Crippen LogP contribution in [0.3, 0.4) is 0 Å². The van der Waals surface area contributed by atoms with Gasteiger partial charge in [0.15, 0.2) is 6.61 Å². The lowest BCUT2D eigenvalue weighted by atomic mass is 10.1. The van der Waals surface area contributed by atoms with Crippen LogP contribution in [0.5, 0.6) is 11.5 Å². The molecule has 2 amide bonds. The molecule has 0 spiro atoms. The third kappa shape index (κ3) is 7.79. The predicted octanol–water partition coefficient (Wildman–Crippen LogP) is 4.45. The second-order valence-electron chi connectivity index (χ2n) is 7.26. The minimum absolute atomic E-state index is 0.185. The van der Waals surface area contributed by atoms with E-state index >= 15 is 0 Å². The Kier molecular flexibility index (Phi) is 10.2. The number of ether oxygens (including phenoxy) is 2. The number of para-hydroxylation sites is 1. The fraction of sp³-hybridized carbons (Fsp3) is 0.417. The van der Waals surface area contributed by atoms with Gasteiger partial charge in [0.1, 0.15) is 17.5 Å². The van der Waals surface area contributed by atoms with E-state index in [2.05, 4.69) is 12.2 Å². The molecule has 6 nitrogen and oxygen atoms in total. The lowest BCUT2D eigenvalue weighted by molar-refractivity contribution is -0.142. The minimum Gasteiger partial charge on any atom is -0.497 e. The normalized spacial score (nSPS) is 11.5. The van der Waals surface area contributed by atoms with Crippen LogP contribution in [0.15, 0.2) is 48.5 Å². The quantitative estimate of drug-likeness (QED) is 0.489. The Labute approximate surface area is 189 Å². The van der Waals surface area contributed by atoms with Gasteiger partial charge >= 0.3 is 0 Å². The first kappa shape index (κ1) is 24.5. The van der Waals surface area contributed by atoms with E-state index in [0.717, 1.165) is 30.6 Å². The highest BCUT2D eigenvalue weighted by atomic mass is 35.5. The van der Waals surface area contributed by atoms with E-state index in [4.69, 9.17) is 21.1 Å². The van der Waals surface area contributed by atoms with Crippen LogP contribution in [0.4, 0.5) is 0 Å². The van der Waals surface area contributed by atoms with Crippen LogP contribution in [-0.2, 0) is 16.1 Å². The molecule has 168 valence electrons. The van der Waals surface area contributed by atoms with Gasteiger partial charge in [0.05, 0.1) is 12.1 Å². The fourth-order valence-corrected chi connectivity index (χ4v) is 3.22. The van der Waals surface area contributed by atoms with Crippen LogP contribution < -0.4 is 14.8 Å². The van der Waals surface area contributed by atoms with Crippen LogP contribution in [0, 0.1) is 0 Å². The minimum atomic E-state index is -0.647. The summed E-state index contributed by atoms with van der Waals surface area (Å²) >= 11 is 6.12. The first-order valence-corrected chi connectivity index (χ1v) is 10.9. The number of amides is 2. The van der Waals surface area contributed by atoms with Crippen molar-refractivity contribution in [2.45, 2.75) is 45.7 Å². The number of halogens is 1. The second-order valence-corrected chi connectivity index (χ2v) is 7.67. The van der Waals surface area contributed by atoms with E-state index < -0.39 is 6.04 Å². The summed E-state index contributed by atoms with van der Waals surface area (Å²) in [5, 5.41) is 3.35. The molecule has 0 radical (unpaired) electrons. The Morgan fingerprint density at radius 2 is 1.81 bits per heavy atom. The highest BCUT2D eigenvalue weighted by Crippen LogP contribution is 2.23. The summed E-state index contributed by atoms with van der Waals surface area (Å²) in [5.41, 5.74) is 0.887. The second kappa shape index (κ2) is 12.8. The maximum atomic E-state index is 13.0. The number of hydrogen-bond donors (Lipinski definition) is 1. The molecule has 2 aromatic carbocycles. The van der Waals surface area contributed by atoms with Crippen molar-refractivity contribution < 1.29 is 19.1 Å². The zero-order valence-electron chi connectivity index (χ0n) is 18.4. The number of nitrogens with zero attached hydrogens (tertiary/aromatic N) is 1. The predicted molar refractivity (Wildman–Crippen MR) is 122 cm³/mol. The molecule has 0 aliphatic heterocycles. The maximum Gasteiger partial charge on any atom is 0.261 e. The standard InChI is InChI=1S/C24H31ClN2O4/c1-4-5-8-15-26-24(29)18(2)27(16-19-11-13-20(30-3)14-12-19)23(28)17-31-22-10-7-6-9-21(22)25/h6-7,9-14,18H,4-5,8,15-17H2,1-3H3,(H,26,29)/t18-/m0/s1. The Morgan fingerprint density at radius 3 is 2.45 bits per heavy atom. The molecule has 0 saturated heterocycles. The van der Waals surface area contributed by atoms with Crippen molar-refractivity contribution in [3.8, 4) is 11.5 Å². The van der Waals surface area contributed by atoms with Crippen molar-refractivity contribution in [3.63, 3.8) is 0 Å². The van der Waals surface area contributed by atoms with Crippen molar-refractivity contribution in [1.82, 2.24) is 10.2 Å². The van der Waals surface area contributed by atoms with E-state index in [1.165, 1.54) is 4.90 Å². The van der Waals surface area contributed by atoms with Gasteiger partial charge in [0.25, 0.3) is 5.91 Å². The molecule has 0 heterocycles. The Bertz CT molecular complexity index is 842. The number of methoxy groups -OCH3 is 1. The summed E-state index contributed by atoms with van der Waals surface area (Å²) in [5.74, 6) is 0.673. The largest absolute Gasteiger partial charge is 0.497 e. The van der Waals surface area contributed by atoms with E-state index in [0.29, 0.717) is 17.3 Å². The lowest BCUT2D eigenvalue weighted by Crippen LogP contribution is -2.49. The Balaban J connectivity index is 2.10. The molecule has 0 aliphatic rings. The average Bonchev–Trinajstić information content (AvgIpc) is 2.79. The topological polar surface area (TPSA) is 67.9 Å². The Morgan fingerprint density at radius 1 is 1.10 bits per heavy atom. The zero-order valence-corrected chi connectivity index (χ0v) is 19.2. The molecule has 0 fully saturated rings. The van der Waals surface area contributed by atoms with Crippen molar-refractivity contribution in [2.75, 3.05) is 20.3 Å². The molecule has 1 atom stereocenters. The SMILES string of the molecule is CCCCCNC(=O)[C@H](C)N(Cc1ccc(OC)cc1)C(=O)COc1ccccc1Cl. The molecule has 0 aromatic heterocycles. The highest BCUT2D eigenvalue weighted by molar-refractivity contribution is 6.32. The van der Waals surface area contributed by atoms with E-state index in [-0.39, 0.29) is 25.0 Å². The molecule has 2 aromatic rings. The summed E-state index contributed by atoms with van der Waals surface area (Å²) in [7, 11) is 1.60. The van der Waals surface area contributed by atoms with Gasteiger partial charge in [-0.15, -0.1) is 0 Å². The van der Waals surface area contributed by atoms with Gasteiger partial charge in [0, 0.05) is 13.1 Å². The summed E-state index contributed by atoms with van der Waals surface area (Å²) in [6.07, 6.45) is 3.04. The number of rotatable bonds is 12. The summed E-state index contributed by atoms with van der Waals surface area (Å²) in [6.45, 7) is 4.49. The summed E-state index contributed by atoms with van der Waals surface area (Å²) in [4.78, 5) is 27.2. The third-order valence-electron chi connectivity index (χ3n) is 4.95. The maximum absolute atomic E-state index is 13.0. The number of benzene rings is 2. The van der Waals surface area contributed by atoms with Crippen molar-refractivity contribution in [3.05, 3.63) is 59.1 Å². The van der Waals surface area contributed by atoms with Gasteiger partial charge in [-0.2, -0.15) is 0 Å². The number of nitrogens with one attached hydrogen (secondary N) is 1. The van der Waals surface area contributed by atoms with E-state index in [1.807, 2.05) is 24.3 Å². The first-order valence-electron chi connectivity index (χ1n) is 10.5. The molecule has 31 heavy (non-hydrogen) atoms. The molecule has 2 rings (SSSR count). The third-order valence-corrected chi connectivity index (χ3v) is 5.26. The van der Waals surface area contributed by atoms with E-state index in [1.54, 1.807) is 38.3 Å². The summed E-state index contributed by atoms with van der Waals surface area (Å²) < 4.78 is 10.8. The number of carbonyl (C=O) groups is 2.